The van der Waals surface area contributed by atoms with Crippen LogP contribution in [-0.2, 0) is 9.53 Å². The number of halogens is 3. The number of hydrogen-bond donors (Lipinski definition) is 0. The highest BCUT2D eigenvalue weighted by Gasteiger charge is 2.53. The second-order valence-corrected chi connectivity index (χ2v) is 6.95. The van der Waals surface area contributed by atoms with Gasteiger partial charge in [0.05, 0.1) is 12.0 Å². The number of nitrogens with zero attached hydrogens (tertiary/aromatic N) is 1. The van der Waals surface area contributed by atoms with Crippen molar-refractivity contribution in [3.63, 3.8) is 0 Å². The molecule has 1 aromatic rings. The van der Waals surface area contributed by atoms with E-state index in [1.807, 2.05) is 12.2 Å². The molecule has 2 aliphatic heterocycles. The Kier molecular flexibility index (Phi) is 3.61. The Balaban J connectivity index is 1.45. The number of rotatable bonds is 3. The van der Waals surface area contributed by atoms with Crippen LogP contribution in [0.1, 0.15) is 19.3 Å². The molecule has 0 aromatic heterocycles. The fourth-order valence-electron chi connectivity index (χ4n) is 3.55. The maximum atomic E-state index is 12.9. The van der Waals surface area contributed by atoms with Crippen LogP contribution in [0.15, 0.2) is 36.4 Å². The van der Waals surface area contributed by atoms with Crippen molar-refractivity contribution in [3.05, 3.63) is 36.4 Å². The van der Waals surface area contributed by atoms with Gasteiger partial charge in [-0.25, -0.2) is 0 Å². The Morgan fingerprint density at radius 1 is 1.12 bits per heavy atom. The van der Waals surface area contributed by atoms with Gasteiger partial charge in [-0.2, -0.15) is 13.2 Å². The first-order valence-corrected chi connectivity index (χ1v) is 8.27. The molecule has 4 rings (SSSR count). The van der Waals surface area contributed by atoms with Gasteiger partial charge in [0.1, 0.15) is 11.4 Å². The first-order chi connectivity index (χ1) is 11.8. The van der Waals surface area contributed by atoms with Crippen LogP contribution in [0, 0.1) is 5.41 Å². The number of anilines is 1. The van der Waals surface area contributed by atoms with Crippen LogP contribution >= 0.6 is 0 Å². The van der Waals surface area contributed by atoms with E-state index in [-0.39, 0.29) is 17.3 Å². The first kappa shape index (κ1) is 16.4. The zero-order valence-electron chi connectivity index (χ0n) is 13.5. The maximum absolute atomic E-state index is 12.9. The van der Waals surface area contributed by atoms with Gasteiger partial charge >= 0.3 is 6.18 Å². The molecule has 4 nitrogen and oxygen atoms in total. The second kappa shape index (κ2) is 5.49. The molecule has 25 heavy (non-hydrogen) atoms. The molecule has 2 spiro atoms. The third-order valence-electron chi connectivity index (χ3n) is 5.22. The van der Waals surface area contributed by atoms with Crippen molar-refractivity contribution < 1.29 is 27.4 Å². The van der Waals surface area contributed by atoms with Crippen LogP contribution in [0.2, 0.25) is 0 Å². The number of amides is 1. The van der Waals surface area contributed by atoms with Gasteiger partial charge in [0.2, 0.25) is 5.91 Å². The fraction of sp³-hybridized carbons (Fsp3) is 0.500. The highest BCUT2D eigenvalue weighted by molar-refractivity contribution is 6.01. The summed E-state index contributed by atoms with van der Waals surface area (Å²) < 4.78 is 46.7. The third-order valence-corrected chi connectivity index (χ3v) is 5.22. The molecule has 2 saturated heterocycles. The van der Waals surface area contributed by atoms with E-state index in [4.69, 9.17) is 9.47 Å². The molecule has 134 valence electrons. The lowest BCUT2D eigenvalue weighted by atomic mass is 9.74. The molecule has 0 saturated carbocycles. The van der Waals surface area contributed by atoms with Crippen molar-refractivity contribution >= 4 is 11.6 Å². The smallest absolute Gasteiger partial charge is 0.422 e. The summed E-state index contributed by atoms with van der Waals surface area (Å²) in [5, 5.41) is 0. The number of hydrogen-bond acceptors (Lipinski definition) is 3. The van der Waals surface area contributed by atoms with Crippen molar-refractivity contribution in [3.8, 4) is 5.75 Å². The van der Waals surface area contributed by atoms with Gasteiger partial charge in [0.15, 0.2) is 6.61 Å². The van der Waals surface area contributed by atoms with Crippen LogP contribution in [0.25, 0.3) is 0 Å². The number of epoxide rings is 1. The Labute approximate surface area is 143 Å². The van der Waals surface area contributed by atoms with Crippen LogP contribution in [-0.4, -0.2) is 37.4 Å². The predicted octanol–water partition coefficient (Wildman–Crippen LogP) is 3.47. The minimum Gasteiger partial charge on any atom is -0.484 e. The highest BCUT2D eigenvalue weighted by Crippen LogP contribution is 2.49. The van der Waals surface area contributed by atoms with Gasteiger partial charge in [-0.1, -0.05) is 12.2 Å². The van der Waals surface area contributed by atoms with Crippen molar-refractivity contribution in [2.24, 2.45) is 5.41 Å². The van der Waals surface area contributed by atoms with E-state index in [2.05, 4.69) is 0 Å². The average Bonchev–Trinajstić information content (AvgIpc) is 3.28. The summed E-state index contributed by atoms with van der Waals surface area (Å²) in [7, 11) is 0. The number of carbonyl (C=O) groups is 1. The van der Waals surface area contributed by atoms with E-state index in [1.54, 1.807) is 17.0 Å². The van der Waals surface area contributed by atoms with E-state index < -0.39 is 18.2 Å². The monoisotopic (exact) mass is 353 g/mol. The fourth-order valence-corrected chi connectivity index (χ4v) is 3.55. The Hall–Kier alpha value is -2.02. The molecule has 0 N–H and O–H groups in total. The molecule has 2 heterocycles. The van der Waals surface area contributed by atoms with Crippen molar-refractivity contribution in [1.82, 2.24) is 0 Å². The third kappa shape index (κ3) is 3.13. The molecule has 3 aliphatic rings. The molecular weight excluding hydrogens is 335 g/mol. The van der Waals surface area contributed by atoms with Crippen LogP contribution in [0.4, 0.5) is 18.9 Å². The summed E-state index contributed by atoms with van der Waals surface area (Å²) in [4.78, 5) is 14.6. The average molecular weight is 353 g/mol. The normalized spacial score (nSPS) is 31.2. The summed E-state index contributed by atoms with van der Waals surface area (Å²) in [6.07, 6.45) is 2.01. The Morgan fingerprint density at radius 3 is 2.40 bits per heavy atom. The van der Waals surface area contributed by atoms with Crippen LogP contribution < -0.4 is 9.64 Å². The number of carbonyl (C=O) groups excluding carboxylic acids is 1. The van der Waals surface area contributed by atoms with Crippen LogP contribution in [0.3, 0.4) is 0 Å². The van der Waals surface area contributed by atoms with E-state index in [0.29, 0.717) is 12.2 Å². The van der Waals surface area contributed by atoms with Crippen molar-refractivity contribution in [1.29, 1.82) is 0 Å². The Morgan fingerprint density at radius 2 is 1.84 bits per heavy atom. The molecule has 0 bridgehead atoms. The summed E-state index contributed by atoms with van der Waals surface area (Å²) in [6, 6.07) is 6.17. The molecule has 7 heteroatoms. The molecule has 1 amide bonds. The van der Waals surface area contributed by atoms with Gasteiger partial charge in [0, 0.05) is 12.2 Å². The van der Waals surface area contributed by atoms with Crippen molar-refractivity contribution in [2.75, 3.05) is 24.7 Å². The standard InChI is InChI=1S/C18H18F3NO3/c19-18(20,21)12-24-14-3-1-13(2-4-14)22-10-9-16(15(22)23)5-7-17(8-6-16)11-25-17/h1-5,7H,6,8-12H2. The van der Waals surface area contributed by atoms with E-state index >= 15 is 0 Å². The SMILES string of the molecule is O=C1N(c2ccc(OCC(F)(F)F)cc2)CCC12C=CC1(CC2)CO1. The Bertz CT molecular complexity index is 709. The largest absolute Gasteiger partial charge is 0.484 e. The summed E-state index contributed by atoms with van der Waals surface area (Å²) in [5.74, 6) is 0.177. The number of ether oxygens (including phenoxy) is 2. The molecule has 0 radical (unpaired) electrons. The summed E-state index contributed by atoms with van der Waals surface area (Å²) in [5.41, 5.74) is 0.0802. The number of benzene rings is 1. The quantitative estimate of drug-likeness (QED) is 0.617. The second-order valence-electron chi connectivity index (χ2n) is 6.95. The predicted molar refractivity (Wildman–Crippen MR) is 84.5 cm³/mol. The molecule has 2 atom stereocenters. The van der Waals surface area contributed by atoms with Gasteiger partial charge in [-0.3, -0.25) is 4.79 Å². The lowest BCUT2D eigenvalue weighted by molar-refractivity contribution is -0.153. The molecule has 2 fully saturated rings. The summed E-state index contributed by atoms with van der Waals surface area (Å²) >= 11 is 0. The van der Waals surface area contributed by atoms with E-state index in [0.717, 1.165) is 25.9 Å². The minimum absolute atomic E-state index is 0.0446. The zero-order chi connectivity index (χ0) is 17.7. The lowest BCUT2D eigenvalue weighted by Gasteiger charge is -2.29. The molecule has 1 aromatic carbocycles. The van der Waals surface area contributed by atoms with Gasteiger partial charge in [0.25, 0.3) is 0 Å². The van der Waals surface area contributed by atoms with Gasteiger partial charge < -0.3 is 14.4 Å². The first-order valence-electron chi connectivity index (χ1n) is 8.27. The topological polar surface area (TPSA) is 42.1 Å². The van der Waals surface area contributed by atoms with E-state index in [9.17, 15) is 18.0 Å². The van der Waals surface area contributed by atoms with E-state index in [1.165, 1.54) is 12.1 Å². The molecule has 1 aliphatic carbocycles. The highest BCUT2D eigenvalue weighted by atomic mass is 19.4. The number of alkyl halides is 3. The van der Waals surface area contributed by atoms with Gasteiger partial charge in [-0.15, -0.1) is 0 Å². The zero-order valence-corrected chi connectivity index (χ0v) is 13.5. The summed E-state index contributed by atoms with van der Waals surface area (Å²) in [6.45, 7) is 0.00335. The minimum atomic E-state index is -4.37. The molecule has 2 unspecified atom stereocenters. The molecular formula is C18H18F3NO3. The van der Waals surface area contributed by atoms with Crippen LogP contribution in [0.5, 0.6) is 5.75 Å². The maximum Gasteiger partial charge on any atom is 0.422 e. The van der Waals surface area contributed by atoms with Gasteiger partial charge in [-0.05, 0) is 43.5 Å². The lowest BCUT2D eigenvalue weighted by Crippen LogP contribution is -2.36. The van der Waals surface area contributed by atoms with Crippen molar-refractivity contribution in [2.45, 2.75) is 31.0 Å².